The summed E-state index contributed by atoms with van der Waals surface area (Å²) in [6.07, 6.45) is 5.44. The average molecular weight is 179 g/mol. The van der Waals surface area contributed by atoms with Crippen LogP contribution in [0.2, 0.25) is 0 Å². The Morgan fingerprint density at radius 3 is 3.23 bits per heavy atom. The van der Waals surface area contributed by atoms with E-state index in [0.29, 0.717) is 5.92 Å². The molecule has 0 bridgehead atoms. The van der Waals surface area contributed by atoms with Crippen molar-refractivity contribution in [1.82, 2.24) is 10.2 Å². The Labute approximate surface area is 76.7 Å². The molecule has 1 heterocycles. The Morgan fingerprint density at radius 1 is 1.85 bits per heavy atom. The molecule has 1 amide bonds. The zero-order chi connectivity index (χ0) is 9.26. The number of carbonyl (C=O) groups is 1. The van der Waals surface area contributed by atoms with E-state index in [1.165, 1.54) is 0 Å². The summed E-state index contributed by atoms with van der Waals surface area (Å²) < 4.78 is 0. The van der Waals surface area contributed by atoms with Crippen molar-refractivity contribution < 1.29 is 4.79 Å². The number of hydrogen-bond acceptors (Lipinski definition) is 2. The van der Waals surface area contributed by atoms with Gasteiger partial charge in [0.05, 0.1) is 11.9 Å². The molecule has 2 N–H and O–H groups in total. The molecule has 4 heteroatoms. The molecule has 0 saturated heterocycles. The highest BCUT2D eigenvalue weighted by molar-refractivity contribution is 5.94. The smallest absolute Gasteiger partial charge is 0.227 e. The molecule has 0 spiro atoms. The van der Waals surface area contributed by atoms with Crippen LogP contribution in [0.25, 0.3) is 0 Å². The molecule has 1 aromatic rings. The number of anilines is 1. The first-order valence-corrected chi connectivity index (χ1v) is 4.61. The number of hydrogen-bond donors (Lipinski definition) is 2. The molecule has 1 aliphatic carbocycles. The van der Waals surface area contributed by atoms with Crippen LogP contribution in [0.1, 0.15) is 19.8 Å². The normalized spacial score (nSPS) is 25.6. The Balaban J connectivity index is 1.87. The summed E-state index contributed by atoms with van der Waals surface area (Å²) in [4.78, 5) is 11.5. The highest BCUT2D eigenvalue weighted by Gasteiger charge is 2.41. The van der Waals surface area contributed by atoms with Gasteiger partial charge in [0.2, 0.25) is 5.91 Å². The maximum atomic E-state index is 11.5. The van der Waals surface area contributed by atoms with Crippen molar-refractivity contribution in [3.05, 3.63) is 12.4 Å². The van der Waals surface area contributed by atoms with Crippen LogP contribution in [0.3, 0.4) is 0 Å². The molecule has 1 saturated carbocycles. The fraction of sp³-hybridized carbons (Fsp3) is 0.556. The monoisotopic (exact) mass is 179 g/mol. The van der Waals surface area contributed by atoms with E-state index in [4.69, 9.17) is 0 Å². The zero-order valence-electron chi connectivity index (χ0n) is 7.58. The quantitative estimate of drug-likeness (QED) is 0.736. The first-order chi connectivity index (χ1) is 6.31. The molecule has 1 aromatic heterocycles. The minimum absolute atomic E-state index is 0.133. The summed E-state index contributed by atoms with van der Waals surface area (Å²) in [5.41, 5.74) is 0.756. The van der Waals surface area contributed by atoms with Crippen LogP contribution in [-0.2, 0) is 4.79 Å². The van der Waals surface area contributed by atoms with Crippen LogP contribution in [0, 0.1) is 11.8 Å². The number of carbonyl (C=O) groups excluding carboxylic acids is 1. The zero-order valence-corrected chi connectivity index (χ0v) is 7.58. The van der Waals surface area contributed by atoms with Crippen molar-refractivity contribution in [2.24, 2.45) is 11.8 Å². The van der Waals surface area contributed by atoms with Crippen LogP contribution in [0.4, 0.5) is 5.69 Å². The number of aromatic nitrogens is 2. The molecule has 0 radical (unpaired) electrons. The van der Waals surface area contributed by atoms with Gasteiger partial charge in [-0.1, -0.05) is 13.3 Å². The van der Waals surface area contributed by atoms with E-state index >= 15 is 0 Å². The number of rotatable bonds is 3. The Kier molecular flexibility index (Phi) is 2.04. The van der Waals surface area contributed by atoms with Gasteiger partial charge >= 0.3 is 0 Å². The van der Waals surface area contributed by atoms with Crippen molar-refractivity contribution in [3.63, 3.8) is 0 Å². The second kappa shape index (κ2) is 3.20. The van der Waals surface area contributed by atoms with E-state index in [-0.39, 0.29) is 11.8 Å². The Bertz CT molecular complexity index is 294. The van der Waals surface area contributed by atoms with Gasteiger partial charge in [-0.3, -0.25) is 9.89 Å². The lowest BCUT2D eigenvalue weighted by molar-refractivity contribution is -0.117. The largest absolute Gasteiger partial charge is 0.323 e. The summed E-state index contributed by atoms with van der Waals surface area (Å²) in [6.45, 7) is 2.12. The number of aromatic amines is 1. The first kappa shape index (κ1) is 8.29. The van der Waals surface area contributed by atoms with Gasteiger partial charge in [0.15, 0.2) is 0 Å². The van der Waals surface area contributed by atoms with Gasteiger partial charge < -0.3 is 5.32 Å². The third kappa shape index (κ3) is 1.71. The minimum atomic E-state index is 0.133. The number of H-pyrrole nitrogens is 1. The van der Waals surface area contributed by atoms with Crippen LogP contribution in [-0.4, -0.2) is 16.1 Å². The van der Waals surface area contributed by atoms with Gasteiger partial charge in [-0.2, -0.15) is 5.10 Å². The fourth-order valence-electron chi connectivity index (χ4n) is 1.57. The topological polar surface area (TPSA) is 57.8 Å². The van der Waals surface area contributed by atoms with Crippen molar-refractivity contribution in [1.29, 1.82) is 0 Å². The second-order valence-corrected chi connectivity index (χ2v) is 3.49. The van der Waals surface area contributed by atoms with E-state index in [1.807, 2.05) is 0 Å². The van der Waals surface area contributed by atoms with Crippen LogP contribution in [0.15, 0.2) is 12.4 Å². The summed E-state index contributed by atoms with van der Waals surface area (Å²) in [7, 11) is 0. The molecule has 0 aromatic carbocycles. The molecule has 2 atom stereocenters. The Morgan fingerprint density at radius 2 is 2.69 bits per heavy atom. The maximum Gasteiger partial charge on any atom is 0.227 e. The predicted octanol–water partition coefficient (Wildman–Crippen LogP) is 1.39. The van der Waals surface area contributed by atoms with E-state index < -0.39 is 0 Å². The van der Waals surface area contributed by atoms with Gasteiger partial charge in [-0.25, -0.2) is 0 Å². The van der Waals surface area contributed by atoms with Gasteiger partial charge in [0.25, 0.3) is 0 Å². The van der Waals surface area contributed by atoms with E-state index in [1.54, 1.807) is 12.4 Å². The van der Waals surface area contributed by atoms with Crippen molar-refractivity contribution >= 4 is 11.6 Å². The third-order valence-electron chi connectivity index (χ3n) is 2.55. The third-order valence-corrected chi connectivity index (χ3v) is 2.55. The summed E-state index contributed by atoms with van der Waals surface area (Å²) in [5, 5.41) is 9.22. The molecular formula is C9H13N3O. The lowest BCUT2D eigenvalue weighted by Gasteiger charge is -1.99. The van der Waals surface area contributed by atoms with Gasteiger partial charge in [0, 0.05) is 12.1 Å². The Hall–Kier alpha value is -1.32. The molecule has 2 unspecified atom stereocenters. The molecule has 1 fully saturated rings. The minimum Gasteiger partial charge on any atom is -0.323 e. The number of nitrogens with one attached hydrogen (secondary N) is 2. The predicted molar refractivity (Wildman–Crippen MR) is 49.1 cm³/mol. The molecule has 1 aliphatic rings. The van der Waals surface area contributed by atoms with Crippen molar-refractivity contribution in [2.45, 2.75) is 19.8 Å². The molecular weight excluding hydrogens is 166 g/mol. The molecule has 13 heavy (non-hydrogen) atoms. The van der Waals surface area contributed by atoms with Gasteiger partial charge in [-0.05, 0) is 12.3 Å². The lowest BCUT2D eigenvalue weighted by atomic mass is 10.2. The van der Waals surface area contributed by atoms with Crippen molar-refractivity contribution in [3.8, 4) is 0 Å². The summed E-state index contributed by atoms with van der Waals surface area (Å²) >= 11 is 0. The number of nitrogens with zero attached hydrogens (tertiary/aromatic N) is 1. The summed E-state index contributed by atoms with van der Waals surface area (Å²) in [6, 6.07) is 0. The number of amides is 1. The van der Waals surface area contributed by atoms with Crippen molar-refractivity contribution in [2.75, 3.05) is 5.32 Å². The van der Waals surface area contributed by atoms with Crippen LogP contribution in [0.5, 0.6) is 0 Å². The van der Waals surface area contributed by atoms with Crippen LogP contribution >= 0.6 is 0 Å². The van der Waals surface area contributed by atoms with E-state index in [2.05, 4.69) is 22.4 Å². The lowest BCUT2D eigenvalue weighted by Crippen LogP contribution is -2.14. The summed E-state index contributed by atoms with van der Waals surface area (Å²) in [5.74, 6) is 0.972. The van der Waals surface area contributed by atoms with E-state index in [0.717, 1.165) is 18.5 Å². The van der Waals surface area contributed by atoms with E-state index in [9.17, 15) is 4.79 Å². The molecule has 70 valence electrons. The van der Waals surface area contributed by atoms with Gasteiger partial charge in [0.1, 0.15) is 0 Å². The second-order valence-electron chi connectivity index (χ2n) is 3.49. The standard InChI is InChI=1S/C9H13N3O/c1-2-6-3-8(6)9(13)12-7-4-10-11-5-7/h4-6,8H,2-3H2,1H3,(H,10,11)(H,12,13). The van der Waals surface area contributed by atoms with Crippen LogP contribution < -0.4 is 5.32 Å². The molecule has 2 rings (SSSR count). The molecule has 4 nitrogen and oxygen atoms in total. The highest BCUT2D eigenvalue weighted by atomic mass is 16.2. The SMILES string of the molecule is CCC1CC1C(=O)Nc1cn[nH]c1. The fourth-order valence-corrected chi connectivity index (χ4v) is 1.57. The maximum absolute atomic E-state index is 11.5. The average Bonchev–Trinajstić information content (AvgIpc) is 2.77. The van der Waals surface area contributed by atoms with Gasteiger partial charge in [-0.15, -0.1) is 0 Å². The first-order valence-electron chi connectivity index (χ1n) is 4.61. The molecule has 0 aliphatic heterocycles. The highest BCUT2D eigenvalue weighted by Crippen LogP contribution is 2.41.